The number of thioether (sulfide) groups is 1. The molecule has 1 unspecified atom stereocenters. The van der Waals surface area contributed by atoms with Gasteiger partial charge >= 0.3 is 0 Å². The summed E-state index contributed by atoms with van der Waals surface area (Å²) in [6.07, 6.45) is 1.32. The lowest BCUT2D eigenvalue weighted by atomic mass is 10.3. The molecule has 0 radical (unpaired) electrons. The smallest absolute Gasteiger partial charge is 0.237 e. The van der Waals surface area contributed by atoms with E-state index < -0.39 is 0 Å². The highest BCUT2D eigenvalue weighted by Crippen LogP contribution is 2.24. The minimum Gasteiger partial charge on any atom is -0.368 e. The van der Waals surface area contributed by atoms with Gasteiger partial charge in [0, 0.05) is 4.47 Å². The van der Waals surface area contributed by atoms with Crippen molar-refractivity contribution < 1.29 is 4.79 Å². The third-order valence-electron chi connectivity index (χ3n) is 2.35. The maximum Gasteiger partial charge on any atom is 0.237 e. The second-order valence-corrected chi connectivity index (χ2v) is 6.02. The standard InChI is InChI=1S/C12H12BrN5OS/c1-7(20-12-16-6-15-11(14)18-12)10(19)17-9-5-3-2-4-8(9)13/h2-7H,1H3,(H,17,19)(H2,14,15,16,18). The van der Waals surface area contributed by atoms with Gasteiger partial charge in [-0.05, 0) is 35.0 Å². The third kappa shape index (κ3) is 3.91. The Bertz CT molecular complexity index is 624. The van der Waals surface area contributed by atoms with Crippen LogP contribution in [-0.2, 0) is 4.79 Å². The Hall–Kier alpha value is -1.67. The SMILES string of the molecule is CC(Sc1ncnc(N)n1)C(=O)Nc1ccccc1Br. The molecule has 2 rings (SSSR count). The van der Waals surface area contributed by atoms with Gasteiger partial charge < -0.3 is 11.1 Å². The van der Waals surface area contributed by atoms with Crippen molar-refractivity contribution in [2.45, 2.75) is 17.3 Å². The van der Waals surface area contributed by atoms with Gasteiger partial charge in [-0.25, -0.2) is 9.97 Å². The molecule has 104 valence electrons. The highest BCUT2D eigenvalue weighted by molar-refractivity contribution is 9.10. The molecule has 1 atom stereocenters. The van der Waals surface area contributed by atoms with Gasteiger partial charge in [0.2, 0.25) is 11.9 Å². The largest absolute Gasteiger partial charge is 0.368 e. The number of hydrogen-bond acceptors (Lipinski definition) is 6. The number of nitrogens with two attached hydrogens (primary N) is 1. The number of amides is 1. The van der Waals surface area contributed by atoms with Crippen molar-refractivity contribution in [3.8, 4) is 0 Å². The molecular weight excluding hydrogens is 342 g/mol. The maximum atomic E-state index is 12.1. The monoisotopic (exact) mass is 353 g/mol. The first-order valence-corrected chi connectivity index (χ1v) is 7.40. The molecule has 1 amide bonds. The van der Waals surface area contributed by atoms with Crippen molar-refractivity contribution in [1.29, 1.82) is 0 Å². The van der Waals surface area contributed by atoms with E-state index in [1.54, 1.807) is 6.92 Å². The third-order valence-corrected chi connectivity index (χ3v) is 4.02. The van der Waals surface area contributed by atoms with Crippen LogP contribution >= 0.6 is 27.7 Å². The molecule has 2 aromatic rings. The molecule has 0 bridgehead atoms. The fraction of sp³-hybridized carbons (Fsp3) is 0.167. The molecule has 0 aliphatic carbocycles. The number of aromatic nitrogens is 3. The molecule has 20 heavy (non-hydrogen) atoms. The normalized spacial score (nSPS) is 11.9. The highest BCUT2D eigenvalue weighted by atomic mass is 79.9. The van der Waals surface area contributed by atoms with E-state index in [0.717, 1.165) is 10.2 Å². The van der Waals surface area contributed by atoms with Crippen LogP contribution in [-0.4, -0.2) is 26.1 Å². The average Bonchev–Trinajstić information content (AvgIpc) is 2.41. The lowest BCUT2D eigenvalue weighted by molar-refractivity contribution is -0.115. The Kier molecular flexibility index (Phi) is 4.91. The number of carbonyl (C=O) groups is 1. The molecule has 0 saturated carbocycles. The Morgan fingerprint density at radius 2 is 2.15 bits per heavy atom. The average molecular weight is 354 g/mol. The van der Waals surface area contributed by atoms with Crippen LogP contribution in [0.3, 0.4) is 0 Å². The topological polar surface area (TPSA) is 93.8 Å². The van der Waals surface area contributed by atoms with Crippen LogP contribution in [0.15, 0.2) is 40.2 Å². The van der Waals surface area contributed by atoms with Crippen molar-refractivity contribution in [1.82, 2.24) is 15.0 Å². The number of para-hydroxylation sites is 1. The Balaban J connectivity index is 2.01. The van der Waals surface area contributed by atoms with E-state index in [1.165, 1.54) is 18.1 Å². The zero-order valence-electron chi connectivity index (χ0n) is 10.6. The Labute approximate surface area is 128 Å². The van der Waals surface area contributed by atoms with Crippen molar-refractivity contribution in [3.05, 3.63) is 35.1 Å². The van der Waals surface area contributed by atoms with Gasteiger partial charge in [-0.1, -0.05) is 23.9 Å². The summed E-state index contributed by atoms with van der Waals surface area (Å²) in [7, 11) is 0. The second kappa shape index (κ2) is 6.67. The maximum absolute atomic E-state index is 12.1. The summed E-state index contributed by atoms with van der Waals surface area (Å²) in [5.41, 5.74) is 6.19. The predicted molar refractivity (Wildman–Crippen MR) is 82.3 cm³/mol. The number of carbonyl (C=O) groups excluding carboxylic acids is 1. The molecule has 1 aromatic heterocycles. The molecular formula is C12H12BrN5OS. The molecule has 8 heteroatoms. The van der Waals surface area contributed by atoms with Crippen molar-refractivity contribution in [2.75, 3.05) is 11.1 Å². The van der Waals surface area contributed by atoms with E-state index in [2.05, 4.69) is 36.2 Å². The highest BCUT2D eigenvalue weighted by Gasteiger charge is 2.17. The lowest BCUT2D eigenvalue weighted by Gasteiger charge is -2.12. The summed E-state index contributed by atoms with van der Waals surface area (Å²) >= 11 is 4.60. The van der Waals surface area contributed by atoms with E-state index in [1.807, 2.05) is 24.3 Å². The molecule has 0 saturated heterocycles. The second-order valence-electron chi connectivity index (χ2n) is 3.86. The molecule has 0 aliphatic rings. The van der Waals surface area contributed by atoms with Crippen molar-refractivity contribution >= 4 is 45.2 Å². The molecule has 1 aromatic carbocycles. The quantitative estimate of drug-likeness (QED) is 0.819. The number of benzene rings is 1. The van der Waals surface area contributed by atoms with Crippen LogP contribution in [0.5, 0.6) is 0 Å². The van der Waals surface area contributed by atoms with E-state index >= 15 is 0 Å². The number of rotatable bonds is 4. The summed E-state index contributed by atoms with van der Waals surface area (Å²) in [4.78, 5) is 23.7. The number of anilines is 2. The number of nitrogen functional groups attached to an aromatic ring is 1. The number of nitrogens with one attached hydrogen (secondary N) is 1. The van der Waals surface area contributed by atoms with Crippen LogP contribution in [0.1, 0.15) is 6.92 Å². The van der Waals surface area contributed by atoms with Crippen LogP contribution < -0.4 is 11.1 Å². The Morgan fingerprint density at radius 3 is 2.85 bits per heavy atom. The molecule has 3 N–H and O–H groups in total. The summed E-state index contributed by atoms with van der Waals surface area (Å²) in [5.74, 6) is 0.00166. The molecule has 6 nitrogen and oxygen atoms in total. The minimum absolute atomic E-state index is 0.138. The summed E-state index contributed by atoms with van der Waals surface area (Å²) in [6, 6.07) is 7.41. The van der Waals surface area contributed by atoms with Gasteiger partial charge in [0.05, 0.1) is 10.9 Å². The first-order chi connectivity index (χ1) is 9.56. The summed E-state index contributed by atoms with van der Waals surface area (Å²) in [5, 5.41) is 2.90. The van der Waals surface area contributed by atoms with Gasteiger partial charge in [-0.15, -0.1) is 0 Å². The lowest BCUT2D eigenvalue weighted by Crippen LogP contribution is -2.23. The molecule has 0 spiro atoms. The zero-order chi connectivity index (χ0) is 14.5. The van der Waals surface area contributed by atoms with Gasteiger partial charge in [-0.3, -0.25) is 4.79 Å². The van der Waals surface area contributed by atoms with Crippen LogP contribution in [0.25, 0.3) is 0 Å². The zero-order valence-corrected chi connectivity index (χ0v) is 13.0. The van der Waals surface area contributed by atoms with Gasteiger partial charge in [-0.2, -0.15) is 4.98 Å². The van der Waals surface area contributed by atoms with Crippen LogP contribution in [0.4, 0.5) is 11.6 Å². The van der Waals surface area contributed by atoms with Crippen LogP contribution in [0.2, 0.25) is 0 Å². The van der Waals surface area contributed by atoms with Gasteiger partial charge in [0.1, 0.15) is 6.33 Å². The molecule has 1 heterocycles. The number of nitrogens with zero attached hydrogens (tertiary/aromatic N) is 3. The predicted octanol–water partition coefficient (Wildman–Crippen LogP) is 2.34. The summed E-state index contributed by atoms with van der Waals surface area (Å²) < 4.78 is 0.829. The fourth-order valence-corrected chi connectivity index (χ4v) is 2.48. The summed E-state index contributed by atoms with van der Waals surface area (Å²) in [6.45, 7) is 1.77. The van der Waals surface area contributed by atoms with Crippen LogP contribution in [0, 0.1) is 0 Å². The first kappa shape index (κ1) is 14.7. The van der Waals surface area contributed by atoms with E-state index in [4.69, 9.17) is 5.73 Å². The van der Waals surface area contributed by atoms with E-state index in [-0.39, 0.29) is 17.1 Å². The molecule has 0 fully saturated rings. The molecule has 0 aliphatic heterocycles. The van der Waals surface area contributed by atoms with Gasteiger partial charge in [0.15, 0.2) is 5.16 Å². The van der Waals surface area contributed by atoms with Gasteiger partial charge in [0.25, 0.3) is 0 Å². The fourth-order valence-electron chi connectivity index (χ4n) is 1.36. The Morgan fingerprint density at radius 1 is 1.40 bits per heavy atom. The number of halogens is 1. The number of hydrogen-bond donors (Lipinski definition) is 2. The van der Waals surface area contributed by atoms with Crippen molar-refractivity contribution in [3.63, 3.8) is 0 Å². The van der Waals surface area contributed by atoms with Crippen molar-refractivity contribution in [2.24, 2.45) is 0 Å². The first-order valence-electron chi connectivity index (χ1n) is 5.73. The minimum atomic E-state index is -0.357. The van der Waals surface area contributed by atoms with E-state index in [0.29, 0.717) is 5.16 Å². The van der Waals surface area contributed by atoms with E-state index in [9.17, 15) is 4.79 Å².